The van der Waals surface area contributed by atoms with Gasteiger partial charge in [-0.15, -0.1) is 0 Å². The van der Waals surface area contributed by atoms with E-state index in [2.05, 4.69) is 5.10 Å². The van der Waals surface area contributed by atoms with Crippen molar-refractivity contribution in [2.24, 2.45) is 10.8 Å². The Labute approximate surface area is 87.5 Å². The Balaban J connectivity index is 2.69. The van der Waals surface area contributed by atoms with E-state index < -0.39 is 0 Å². The summed E-state index contributed by atoms with van der Waals surface area (Å²) in [5, 5.41) is 13.0. The van der Waals surface area contributed by atoms with Crippen molar-refractivity contribution in [2.75, 3.05) is 7.05 Å². The Morgan fingerprint density at radius 2 is 2.07 bits per heavy atom. The Bertz CT molecular complexity index is 344. The first-order valence-electron chi connectivity index (χ1n) is 3.97. The van der Waals surface area contributed by atoms with Crippen molar-refractivity contribution in [3.63, 3.8) is 0 Å². The number of nitrogens with two attached hydrogens (primary N) is 1. The third-order valence-electron chi connectivity index (χ3n) is 1.60. The third kappa shape index (κ3) is 3.06. The first-order valence-corrected chi connectivity index (χ1v) is 4.34. The molecule has 0 fully saturated rings. The van der Waals surface area contributed by atoms with Gasteiger partial charge in [0.15, 0.2) is 0 Å². The van der Waals surface area contributed by atoms with Crippen LogP contribution in [0.1, 0.15) is 5.56 Å². The summed E-state index contributed by atoms with van der Waals surface area (Å²) in [6.45, 7) is 0. The molecule has 0 bridgehead atoms. The molecule has 0 radical (unpaired) electrons. The van der Waals surface area contributed by atoms with Crippen molar-refractivity contribution in [1.29, 1.82) is 5.41 Å². The van der Waals surface area contributed by atoms with E-state index in [4.69, 9.17) is 22.7 Å². The van der Waals surface area contributed by atoms with Crippen LogP contribution >= 0.6 is 11.6 Å². The third-order valence-corrected chi connectivity index (χ3v) is 1.85. The number of nitrogens with one attached hydrogen (secondary N) is 1. The van der Waals surface area contributed by atoms with Crippen LogP contribution in [0.25, 0.3) is 0 Å². The monoisotopic (exact) mass is 210 g/mol. The van der Waals surface area contributed by atoms with Crippen LogP contribution in [0.3, 0.4) is 0 Å². The van der Waals surface area contributed by atoms with Crippen LogP contribution in [-0.2, 0) is 0 Å². The number of hydrazone groups is 1. The molecule has 0 atom stereocenters. The molecule has 3 N–H and O–H groups in total. The Morgan fingerprint density at radius 1 is 1.50 bits per heavy atom. The lowest BCUT2D eigenvalue weighted by Gasteiger charge is -2.08. The minimum Gasteiger partial charge on any atom is -0.369 e. The molecular weight excluding hydrogens is 200 g/mol. The summed E-state index contributed by atoms with van der Waals surface area (Å²) in [6, 6.07) is 7.22. The molecule has 0 heterocycles. The summed E-state index contributed by atoms with van der Waals surface area (Å²) in [5.74, 6) is -0.102. The predicted molar refractivity (Wildman–Crippen MR) is 58.7 cm³/mol. The fourth-order valence-corrected chi connectivity index (χ4v) is 0.890. The molecule has 0 aliphatic rings. The van der Waals surface area contributed by atoms with Crippen LogP contribution in [0.15, 0.2) is 29.4 Å². The molecule has 0 amide bonds. The Hall–Kier alpha value is -1.55. The zero-order valence-electron chi connectivity index (χ0n) is 7.74. The average Bonchev–Trinajstić information content (AvgIpc) is 2.16. The van der Waals surface area contributed by atoms with Gasteiger partial charge in [0.2, 0.25) is 5.96 Å². The number of benzene rings is 1. The molecule has 1 aromatic carbocycles. The minimum absolute atomic E-state index is 0.102. The van der Waals surface area contributed by atoms with E-state index in [1.54, 1.807) is 25.4 Å². The second kappa shape index (κ2) is 4.62. The molecule has 1 rings (SSSR count). The fraction of sp³-hybridized carbons (Fsp3) is 0.111. The molecule has 0 aliphatic carbocycles. The number of hydrogen-bond donors (Lipinski definition) is 2. The average molecular weight is 211 g/mol. The Morgan fingerprint density at radius 3 is 2.57 bits per heavy atom. The highest BCUT2D eigenvalue weighted by Gasteiger charge is 1.93. The van der Waals surface area contributed by atoms with E-state index in [0.29, 0.717) is 5.02 Å². The van der Waals surface area contributed by atoms with Crippen LogP contribution in [0.2, 0.25) is 5.02 Å². The second-order valence-electron chi connectivity index (χ2n) is 2.70. The number of rotatable bonds is 2. The van der Waals surface area contributed by atoms with Crippen molar-refractivity contribution < 1.29 is 0 Å². The maximum absolute atomic E-state index is 7.07. The lowest BCUT2D eigenvalue weighted by Crippen LogP contribution is -2.28. The lowest BCUT2D eigenvalue weighted by atomic mass is 10.2. The molecule has 0 aliphatic heterocycles. The Kier molecular flexibility index (Phi) is 3.48. The molecule has 4 nitrogen and oxygen atoms in total. The van der Waals surface area contributed by atoms with Crippen LogP contribution in [0.5, 0.6) is 0 Å². The van der Waals surface area contributed by atoms with Gasteiger partial charge in [0.1, 0.15) is 0 Å². The highest BCUT2D eigenvalue weighted by molar-refractivity contribution is 6.30. The van der Waals surface area contributed by atoms with Gasteiger partial charge >= 0.3 is 0 Å². The van der Waals surface area contributed by atoms with Gasteiger partial charge in [-0.05, 0) is 17.7 Å². The topological polar surface area (TPSA) is 65.5 Å². The van der Waals surface area contributed by atoms with Crippen molar-refractivity contribution in [1.82, 2.24) is 5.01 Å². The second-order valence-corrected chi connectivity index (χ2v) is 3.14. The highest BCUT2D eigenvalue weighted by atomic mass is 35.5. The molecule has 5 heteroatoms. The van der Waals surface area contributed by atoms with Gasteiger partial charge in [-0.25, -0.2) is 5.01 Å². The smallest absolute Gasteiger partial charge is 0.208 e. The first-order chi connectivity index (χ1) is 6.59. The van der Waals surface area contributed by atoms with E-state index in [-0.39, 0.29) is 5.96 Å². The lowest BCUT2D eigenvalue weighted by molar-refractivity contribution is 0.536. The normalized spacial score (nSPS) is 10.4. The summed E-state index contributed by atoms with van der Waals surface area (Å²) in [7, 11) is 1.61. The zero-order chi connectivity index (χ0) is 10.6. The van der Waals surface area contributed by atoms with Gasteiger partial charge in [0.25, 0.3) is 0 Å². The zero-order valence-corrected chi connectivity index (χ0v) is 8.49. The van der Waals surface area contributed by atoms with Crippen LogP contribution in [0, 0.1) is 5.41 Å². The summed E-state index contributed by atoms with van der Waals surface area (Å²) in [4.78, 5) is 0. The molecule has 74 valence electrons. The van der Waals surface area contributed by atoms with Crippen molar-refractivity contribution in [3.8, 4) is 0 Å². The summed E-state index contributed by atoms with van der Waals surface area (Å²) in [6.07, 6.45) is 1.61. The standard InChI is InChI=1S/C9H11ClN4/c1-14(9(11)12)13-6-7-2-4-8(10)5-3-7/h2-6H,1H3,(H3,11,12). The number of hydrogen-bond acceptors (Lipinski definition) is 2. The molecule has 0 spiro atoms. The molecule has 1 aromatic rings. The first kappa shape index (κ1) is 10.5. The fourth-order valence-electron chi connectivity index (χ4n) is 0.764. The molecule has 0 unspecified atom stereocenters. The summed E-state index contributed by atoms with van der Waals surface area (Å²) >= 11 is 5.72. The predicted octanol–water partition coefficient (Wildman–Crippen LogP) is 1.50. The van der Waals surface area contributed by atoms with Gasteiger partial charge in [-0.2, -0.15) is 5.10 Å². The number of nitrogens with zero attached hydrogens (tertiary/aromatic N) is 2. The van der Waals surface area contributed by atoms with E-state index in [9.17, 15) is 0 Å². The van der Waals surface area contributed by atoms with Crippen molar-refractivity contribution in [2.45, 2.75) is 0 Å². The molecule has 0 saturated heterocycles. The van der Waals surface area contributed by atoms with E-state index in [0.717, 1.165) is 5.56 Å². The molecule has 0 saturated carbocycles. The van der Waals surface area contributed by atoms with E-state index in [1.165, 1.54) is 5.01 Å². The van der Waals surface area contributed by atoms with Gasteiger partial charge in [-0.3, -0.25) is 5.41 Å². The molecule has 0 aromatic heterocycles. The van der Waals surface area contributed by atoms with Gasteiger partial charge < -0.3 is 5.73 Å². The number of halogens is 1. The SMILES string of the molecule is CN(N=Cc1ccc(Cl)cc1)C(=N)N. The highest BCUT2D eigenvalue weighted by Crippen LogP contribution is 2.07. The maximum atomic E-state index is 7.07. The van der Waals surface area contributed by atoms with E-state index >= 15 is 0 Å². The van der Waals surface area contributed by atoms with Crippen LogP contribution < -0.4 is 5.73 Å². The quantitative estimate of drug-likeness (QED) is 0.441. The molecular formula is C9H11ClN4. The largest absolute Gasteiger partial charge is 0.369 e. The maximum Gasteiger partial charge on any atom is 0.208 e. The number of guanidine groups is 1. The van der Waals surface area contributed by atoms with Crippen molar-refractivity contribution >= 4 is 23.8 Å². The van der Waals surface area contributed by atoms with Gasteiger partial charge in [0.05, 0.1) is 6.21 Å². The van der Waals surface area contributed by atoms with Crippen molar-refractivity contribution in [3.05, 3.63) is 34.9 Å². The minimum atomic E-state index is -0.102. The van der Waals surface area contributed by atoms with Gasteiger partial charge in [0, 0.05) is 12.1 Å². The summed E-state index contributed by atoms with van der Waals surface area (Å²) in [5.41, 5.74) is 6.10. The van der Waals surface area contributed by atoms with Gasteiger partial charge in [-0.1, -0.05) is 23.7 Å². The van der Waals surface area contributed by atoms with Crippen LogP contribution in [-0.4, -0.2) is 24.2 Å². The molecule has 14 heavy (non-hydrogen) atoms. The summed E-state index contributed by atoms with van der Waals surface area (Å²) < 4.78 is 0. The van der Waals surface area contributed by atoms with Crippen LogP contribution in [0.4, 0.5) is 0 Å². The van der Waals surface area contributed by atoms with E-state index in [1.807, 2.05) is 12.1 Å².